The molecular formula is C12H11BrN4. The van der Waals surface area contributed by atoms with E-state index in [4.69, 9.17) is 5.26 Å². The molecule has 0 unspecified atom stereocenters. The Kier molecular flexibility index (Phi) is 3.25. The van der Waals surface area contributed by atoms with Crippen LogP contribution >= 0.6 is 15.9 Å². The number of hydrogen-bond donors (Lipinski definition) is 0. The summed E-state index contributed by atoms with van der Waals surface area (Å²) in [5.74, 6) is 0. The quantitative estimate of drug-likeness (QED) is 0.854. The molecule has 0 atom stereocenters. The summed E-state index contributed by atoms with van der Waals surface area (Å²) in [6, 6.07) is 6.09. The van der Waals surface area contributed by atoms with Gasteiger partial charge >= 0.3 is 0 Å². The molecule has 2 aromatic heterocycles. The van der Waals surface area contributed by atoms with E-state index in [1.165, 1.54) is 0 Å². The van der Waals surface area contributed by atoms with Crippen LogP contribution in [0.1, 0.15) is 25.5 Å². The lowest BCUT2D eigenvalue weighted by Gasteiger charge is -2.03. The number of halogens is 1. The van der Waals surface area contributed by atoms with Crippen LogP contribution in [-0.2, 0) is 0 Å². The molecule has 86 valence electrons. The summed E-state index contributed by atoms with van der Waals surface area (Å²) < 4.78 is 2.61. The second-order valence-corrected chi connectivity index (χ2v) is 4.77. The second-order valence-electron chi connectivity index (χ2n) is 3.91. The zero-order valence-corrected chi connectivity index (χ0v) is 11.1. The monoisotopic (exact) mass is 290 g/mol. The predicted molar refractivity (Wildman–Crippen MR) is 68.3 cm³/mol. The molecule has 5 heteroatoms. The molecule has 0 aliphatic carbocycles. The summed E-state index contributed by atoms with van der Waals surface area (Å²) in [6.07, 6.45) is 3.44. The summed E-state index contributed by atoms with van der Waals surface area (Å²) in [6.45, 7) is 4.04. The molecule has 0 amide bonds. The Balaban J connectivity index is 2.60. The van der Waals surface area contributed by atoms with Crippen molar-refractivity contribution in [2.24, 2.45) is 0 Å². The minimum absolute atomic E-state index is 0.221. The molecule has 17 heavy (non-hydrogen) atoms. The lowest BCUT2D eigenvalue weighted by Crippen LogP contribution is -2.01. The van der Waals surface area contributed by atoms with E-state index in [0.29, 0.717) is 17.0 Å². The minimum atomic E-state index is 0.221. The number of nitriles is 1. The van der Waals surface area contributed by atoms with Gasteiger partial charge in [-0.15, -0.1) is 0 Å². The fourth-order valence-corrected chi connectivity index (χ4v) is 1.92. The molecule has 2 aromatic rings. The molecule has 0 radical (unpaired) electrons. The van der Waals surface area contributed by atoms with E-state index < -0.39 is 0 Å². The van der Waals surface area contributed by atoms with Crippen molar-refractivity contribution in [3.63, 3.8) is 0 Å². The highest BCUT2D eigenvalue weighted by molar-refractivity contribution is 9.10. The number of aromatic nitrogens is 3. The topological polar surface area (TPSA) is 54.5 Å². The first-order chi connectivity index (χ1) is 8.13. The van der Waals surface area contributed by atoms with E-state index in [-0.39, 0.29) is 6.04 Å². The van der Waals surface area contributed by atoms with Crippen molar-refractivity contribution < 1.29 is 0 Å². The van der Waals surface area contributed by atoms with E-state index in [1.54, 1.807) is 17.1 Å². The Labute approximate surface area is 108 Å². The maximum Gasteiger partial charge on any atom is 0.130 e. The molecule has 0 saturated heterocycles. The van der Waals surface area contributed by atoms with Crippen molar-refractivity contribution in [2.75, 3.05) is 0 Å². The van der Waals surface area contributed by atoms with Crippen LogP contribution in [0.4, 0.5) is 0 Å². The van der Waals surface area contributed by atoms with E-state index in [2.05, 4.69) is 32.1 Å². The van der Waals surface area contributed by atoms with Gasteiger partial charge in [-0.3, -0.25) is 9.67 Å². The van der Waals surface area contributed by atoms with Crippen LogP contribution in [0, 0.1) is 11.3 Å². The van der Waals surface area contributed by atoms with Gasteiger partial charge in [0, 0.05) is 22.9 Å². The molecule has 0 saturated carbocycles. The van der Waals surface area contributed by atoms with Gasteiger partial charge in [0.15, 0.2) is 0 Å². The van der Waals surface area contributed by atoms with E-state index >= 15 is 0 Å². The van der Waals surface area contributed by atoms with Crippen LogP contribution in [0.3, 0.4) is 0 Å². The third-order valence-corrected chi connectivity index (χ3v) is 3.00. The molecule has 0 N–H and O–H groups in total. The third-order valence-electron chi connectivity index (χ3n) is 2.36. The van der Waals surface area contributed by atoms with Crippen LogP contribution in [0.5, 0.6) is 0 Å². The van der Waals surface area contributed by atoms with E-state index in [0.717, 1.165) is 4.47 Å². The first-order valence-corrected chi connectivity index (χ1v) is 6.03. The van der Waals surface area contributed by atoms with Crippen molar-refractivity contribution >= 4 is 15.9 Å². The Morgan fingerprint density at radius 3 is 2.76 bits per heavy atom. The summed E-state index contributed by atoms with van der Waals surface area (Å²) in [7, 11) is 0. The fourth-order valence-electron chi connectivity index (χ4n) is 1.47. The van der Waals surface area contributed by atoms with E-state index in [9.17, 15) is 0 Å². The number of pyridine rings is 1. The lowest BCUT2D eigenvalue weighted by atomic mass is 10.2. The van der Waals surface area contributed by atoms with Gasteiger partial charge in [-0.05, 0) is 41.9 Å². The van der Waals surface area contributed by atoms with Crippen molar-refractivity contribution in [1.29, 1.82) is 5.26 Å². The maximum absolute atomic E-state index is 9.12. The predicted octanol–water partition coefficient (Wildman–Crippen LogP) is 3.16. The number of nitrogens with zero attached hydrogens (tertiary/aromatic N) is 4. The molecule has 2 rings (SSSR count). The van der Waals surface area contributed by atoms with Gasteiger partial charge in [0.05, 0.1) is 5.56 Å². The second kappa shape index (κ2) is 4.68. The van der Waals surface area contributed by atoms with Gasteiger partial charge in [0.25, 0.3) is 0 Å². The van der Waals surface area contributed by atoms with Crippen molar-refractivity contribution in [2.45, 2.75) is 19.9 Å². The van der Waals surface area contributed by atoms with Crippen LogP contribution in [0.2, 0.25) is 0 Å². The molecule has 0 aliphatic rings. The Hall–Kier alpha value is -1.67. The standard InChI is InChI=1S/C12H11BrN4/c1-8(2)17-7-9(6-14)11(16-17)12-10(13)4-3-5-15-12/h3-5,7-8H,1-2H3. The van der Waals surface area contributed by atoms with Crippen molar-refractivity contribution in [3.8, 4) is 17.5 Å². The zero-order valence-electron chi connectivity index (χ0n) is 9.55. The van der Waals surface area contributed by atoms with Crippen LogP contribution in [-0.4, -0.2) is 14.8 Å². The molecule has 0 aromatic carbocycles. The summed E-state index contributed by atoms with van der Waals surface area (Å²) >= 11 is 3.42. The largest absolute Gasteiger partial charge is 0.268 e. The summed E-state index contributed by atoms with van der Waals surface area (Å²) in [5, 5.41) is 13.5. The molecule has 2 heterocycles. The molecule has 0 aliphatic heterocycles. The normalized spacial score (nSPS) is 10.5. The highest BCUT2D eigenvalue weighted by Crippen LogP contribution is 2.27. The zero-order chi connectivity index (χ0) is 12.4. The number of hydrogen-bond acceptors (Lipinski definition) is 3. The van der Waals surface area contributed by atoms with Gasteiger partial charge in [-0.1, -0.05) is 0 Å². The summed E-state index contributed by atoms with van der Waals surface area (Å²) in [4.78, 5) is 4.26. The Morgan fingerprint density at radius 2 is 2.18 bits per heavy atom. The first-order valence-electron chi connectivity index (χ1n) is 5.23. The van der Waals surface area contributed by atoms with Gasteiger partial charge in [-0.2, -0.15) is 10.4 Å². The van der Waals surface area contributed by atoms with Crippen LogP contribution in [0.15, 0.2) is 29.0 Å². The van der Waals surface area contributed by atoms with E-state index in [1.807, 2.05) is 26.0 Å². The van der Waals surface area contributed by atoms with Gasteiger partial charge in [0.2, 0.25) is 0 Å². The summed E-state index contributed by atoms with van der Waals surface area (Å²) in [5.41, 5.74) is 1.86. The highest BCUT2D eigenvalue weighted by Gasteiger charge is 2.15. The van der Waals surface area contributed by atoms with Gasteiger partial charge in [-0.25, -0.2) is 0 Å². The first kappa shape index (κ1) is 11.8. The average Bonchev–Trinajstić information content (AvgIpc) is 2.73. The highest BCUT2D eigenvalue weighted by atomic mass is 79.9. The van der Waals surface area contributed by atoms with Crippen LogP contribution < -0.4 is 0 Å². The van der Waals surface area contributed by atoms with Crippen LogP contribution in [0.25, 0.3) is 11.4 Å². The maximum atomic E-state index is 9.12. The molecule has 0 spiro atoms. The SMILES string of the molecule is CC(C)n1cc(C#N)c(-c2ncccc2Br)n1. The lowest BCUT2D eigenvalue weighted by molar-refractivity contribution is 0.533. The smallest absolute Gasteiger partial charge is 0.130 e. The van der Waals surface area contributed by atoms with Gasteiger partial charge < -0.3 is 0 Å². The van der Waals surface area contributed by atoms with Crippen molar-refractivity contribution in [1.82, 2.24) is 14.8 Å². The number of rotatable bonds is 2. The Bertz CT molecular complexity index is 580. The molecule has 0 bridgehead atoms. The molecule has 0 fully saturated rings. The molecule has 4 nitrogen and oxygen atoms in total. The molecular weight excluding hydrogens is 280 g/mol. The Morgan fingerprint density at radius 1 is 1.41 bits per heavy atom. The van der Waals surface area contributed by atoms with Gasteiger partial charge in [0.1, 0.15) is 17.5 Å². The van der Waals surface area contributed by atoms with Crippen molar-refractivity contribution in [3.05, 3.63) is 34.6 Å². The third kappa shape index (κ3) is 2.22. The average molecular weight is 291 g/mol. The fraction of sp³-hybridized carbons (Fsp3) is 0.250. The minimum Gasteiger partial charge on any atom is -0.268 e.